The van der Waals surface area contributed by atoms with E-state index in [0.717, 1.165) is 19.6 Å². The SMILES string of the molecule is CCNc1nc(OC(C)C)nc(SC2CCOC2C)n1. The van der Waals surface area contributed by atoms with Crippen LogP contribution in [0.1, 0.15) is 34.1 Å². The highest BCUT2D eigenvalue weighted by molar-refractivity contribution is 7.99. The van der Waals surface area contributed by atoms with Crippen LogP contribution in [0.3, 0.4) is 0 Å². The second-order valence-corrected chi connectivity index (χ2v) is 6.15. The van der Waals surface area contributed by atoms with Gasteiger partial charge in [-0.25, -0.2) is 0 Å². The predicted molar refractivity (Wildman–Crippen MR) is 79.4 cm³/mol. The minimum absolute atomic E-state index is 0.0402. The summed E-state index contributed by atoms with van der Waals surface area (Å²) in [6, 6.07) is 0.375. The average Bonchev–Trinajstić information content (AvgIpc) is 2.74. The van der Waals surface area contributed by atoms with Gasteiger partial charge in [0.05, 0.1) is 12.2 Å². The van der Waals surface area contributed by atoms with Crippen molar-refractivity contribution in [3.63, 3.8) is 0 Å². The number of hydrogen-bond donors (Lipinski definition) is 1. The Kier molecular flexibility index (Phi) is 5.42. The second kappa shape index (κ2) is 7.08. The number of anilines is 1. The van der Waals surface area contributed by atoms with Crippen molar-refractivity contribution >= 4 is 17.7 Å². The normalized spacial score (nSPS) is 22.2. The third-order valence-corrected chi connectivity index (χ3v) is 4.15. The Bertz CT molecular complexity index is 444. The van der Waals surface area contributed by atoms with Crippen molar-refractivity contribution < 1.29 is 9.47 Å². The molecule has 1 fully saturated rings. The molecule has 7 heteroatoms. The zero-order chi connectivity index (χ0) is 14.5. The Morgan fingerprint density at radius 3 is 2.80 bits per heavy atom. The molecule has 1 aliphatic heterocycles. The van der Waals surface area contributed by atoms with E-state index in [1.54, 1.807) is 11.8 Å². The van der Waals surface area contributed by atoms with Gasteiger partial charge in [-0.15, -0.1) is 0 Å². The molecule has 0 aromatic carbocycles. The van der Waals surface area contributed by atoms with E-state index >= 15 is 0 Å². The molecule has 112 valence electrons. The summed E-state index contributed by atoms with van der Waals surface area (Å²) in [5, 5.41) is 4.19. The number of nitrogens with one attached hydrogen (secondary N) is 1. The van der Waals surface area contributed by atoms with E-state index in [9.17, 15) is 0 Å². The van der Waals surface area contributed by atoms with E-state index in [-0.39, 0.29) is 12.2 Å². The molecular weight excluding hydrogens is 276 g/mol. The standard InChI is InChI=1S/C13H22N4O2S/c1-5-14-11-15-12(19-8(2)3)17-13(16-11)20-10-6-7-18-9(10)4/h8-10H,5-7H2,1-4H3,(H,14,15,16,17). The lowest BCUT2D eigenvalue weighted by Crippen LogP contribution is -2.15. The van der Waals surface area contributed by atoms with Crippen molar-refractivity contribution in [3.8, 4) is 6.01 Å². The maximum atomic E-state index is 5.59. The van der Waals surface area contributed by atoms with Crippen LogP contribution in [0.5, 0.6) is 6.01 Å². The largest absolute Gasteiger partial charge is 0.461 e. The maximum Gasteiger partial charge on any atom is 0.322 e. The molecule has 1 aliphatic rings. The summed E-state index contributed by atoms with van der Waals surface area (Å²) in [6.45, 7) is 9.57. The smallest absolute Gasteiger partial charge is 0.322 e. The van der Waals surface area contributed by atoms with Crippen molar-refractivity contribution in [1.82, 2.24) is 15.0 Å². The minimum Gasteiger partial charge on any atom is -0.461 e. The summed E-state index contributed by atoms with van der Waals surface area (Å²) in [7, 11) is 0. The molecule has 2 atom stereocenters. The van der Waals surface area contributed by atoms with Gasteiger partial charge in [-0.2, -0.15) is 15.0 Å². The van der Waals surface area contributed by atoms with Gasteiger partial charge < -0.3 is 14.8 Å². The summed E-state index contributed by atoms with van der Waals surface area (Å²) >= 11 is 1.63. The van der Waals surface area contributed by atoms with E-state index in [4.69, 9.17) is 9.47 Å². The highest BCUT2D eigenvalue weighted by Crippen LogP contribution is 2.31. The van der Waals surface area contributed by atoms with Crippen molar-refractivity contribution in [2.24, 2.45) is 0 Å². The Labute approximate surface area is 124 Å². The Morgan fingerprint density at radius 2 is 2.20 bits per heavy atom. The first-order valence-corrected chi connectivity index (χ1v) is 7.91. The molecule has 1 N–H and O–H groups in total. The molecular formula is C13H22N4O2S. The maximum absolute atomic E-state index is 5.59. The van der Waals surface area contributed by atoms with Gasteiger partial charge in [-0.3, -0.25) is 0 Å². The first-order chi connectivity index (χ1) is 9.58. The van der Waals surface area contributed by atoms with Crippen molar-refractivity contribution in [2.45, 2.75) is 56.7 Å². The molecule has 1 saturated heterocycles. The first-order valence-electron chi connectivity index (χ1n) is 7.03. The summed E-state index contributed by atoms with van der Waals surface area (Å²) in [5.74, 6) is 0.562. The molecule has 2 unspecified atom stereocenters. The molecule has 1 aromatic heterocycles. The van der Waals surface area contributed by atoms with Crippen LogP contribution in [0, 0.1) is 0 Å². The third-order valence-electron chi connectivity index (χ3n) is 2.83. The number of nitrogens with zero attached hydrogens (tertiary/aromatic N) is 3. The van der Waals surface area contributed by atoms with Crippen LogP contribution >= 0.6 is 11.8 Å². The van der Waals surface area contributed by atoms with Crippen LogP contribution in [0.4, 0.5) is 5.95 Å². The Morgan fingerprint density at radius 1 is 1.40 bits per heavy atom. The molecule has 6 nitrogen and oxygen atoms in total. The van der Waals surface area contributed by atoms with Crippen molar-refractivity contribution in [2.75, 3.05) is 18.5 Å². The second-order valence-electron chi connectivity index (χ2n) is 4.94. The van der Waals surface area contributed by atoms with Crippen LogP contribution < -0.4 is 10.1 Å². The molecule has 0 bridgehead atoms. The fourth-order valence-corrected chi connectivity index (χ4v) is 2.92. The Hall–Kier alpha value is -1.08. The average molecular weight is 298 g/mol. The number of aromatic nitrogens is 3. The highest BCUT2D eigenvalue weighted by atomic mass is 32.2. The number of rotatable bonds is 6. The lowest BCUT2D eigenvalue weighted by Gasteiger charge is -2.14. The van der Waals surface area contributed by atoms with E-state index in [0.29, 0.717) is 22.4 Å². The van der Waals surface area contributed by atoms with Gasteiger partial charge in [-0.1, -0.05) is 11.8 Å². The molecule has 0 radical (unpaired) electrons. The zero-order valence-corrected chi connectivity index (χ0v) is 13.2. The lowest BCUT2D eigenvalue weighted by molar-refractivity contribution is 0.127. The van der Waals surface area contributed by atoms with Gasteiger partial charge in [0.25, 0.3) is 0 Å². The molecule has 0 aliphatic carbocycles. The summed E-state index contributed by atoms with van der Waals surface area (Å²) < 4.78 is 11.2. The molecule has 0 amide bonds. The lowest BCUT2D eigenvalue weighted by atomic mass is 10.3. The first kappa shape index (κ1) is 15.3. The highest BCUT2D eigenvalue weighted by Gasteiger charge is 2.26. The number of thioether (sulfide) groups is 1. The fraction of sp³-hybridized carbons (Fsp3) is 0.769. The van der Waals surface area contributed by atoms with Gasteiger partial charge >= 0.3 is 6.01 Å². The fourth-order valence-electron chi connectivity index (χ4n) is 1.89. The molecule has 20 heavy (non-hydrogen) atoms. The van der Waals surface area contributed by atoms with Crippen LogP contribution in [-0.4, -0.2) is 45.6 Å². The van der Waals surface area contributed by atoms with Gasteiger partial charge in [0, 0.05) is 18.4 Å². The van der Waals surface area contributed by atoms with E-state index in [1.165, 1.54) is 0 Å². The van der Waals surface area contributed by atoms with Crippen molar-refractivity contribution in [3.05, 3.63) is 0 Å². The molecule has 2 rings (SSSR count). The van der Waals surface area contributed by atoms with Gasteiger partial charge in [0.15, 0.2) is 5.16 Å². The van der Waals surface area contributed by atoms with Gasteiger partial charge in [0.2, 0.25) is 5.95 Å². The van der Waals surface area contributed by atoms with Gasteiger partial charge in [-0.05, 0) is 34.1 Å². The molecule has 1 aromatic rings. The summed E-state index contributed by atoms with van der Waals surface area (Å²) in [5.41, 5.74) is 0. The Balaban J connectivity index is 2.15. The van der Waals surface area contributed by atoms with Crippen molar-refractivity contribution in [1.29, 1.82) is 0 Å². The van der Waals surface area contributed by atoms with E-state index < -0.39 is 0 Å². The topological polar surface area (TPSA) is 69.2 Å². The van der Waals surface area contributed by atoms with Crippen LogP contribution in [0.15, 0.2) is 5.16 Å². The van der Waals surface area contributed by atoms with Crippen LogP contribution in [-0.2, 0) is 4.74 Å². The monoisotopic (exact) mass is 298 g/mol. The zero-order valence-electron chi connectivity index (χ0n) is 12.4. The number of hydrogen-bond acceptors (Lipinski definition) is 7. The van der Waals surface area contributed by atoms with Crippen LogP contribution in [0.2, 0.25) is 0 Å². The van der Waals surface area contributed by atoms with E-state index in [1.807, 2.05) is 20.8 Å². The molecule has 0 saturated carbocycles. The molecule has 0 spiro atoms. The predicted octanol–water partition coefficient (Wildman–Crippen LogP) is 2.36. The quantitative estimate of drug-likeness (QED) is 0.864. The van der Waals surface area contributed by atoms with Gasteiger partial charge in [0.1, 0.15) is 0 Å². The minimum atomic E-state index is 0.0402. The van der Waals surface area contributed by atoms with E-state index in [2.05, 4.69) is 27.2 Å². The summed E-state index contributed by atoms with van der Waals surface area (Å²) in [6.07, 6.45) is 1.29. The number of ether oxygens (including phenoxy) is 2. The molecule has 2 heterocycles. The van der Waals surface area contributed by atoms with Crippen LogP contribution in [0.25, 0.3) is 0 Å². The summed E-state index contributed by atoms with van der Waals surface area (Å²) in [4.78, 5) is 13.1. The third kappa shape index (κ3) is 4.21.